The number of aromatic nitrogens is 2. The number of hydrogen-bond donors (Lipinski definition) is 0. The zero-order valence-corrected chi connectivity index (χ0v) is 18.0. The van der Waals surface area contributed by atoms with Crippen molar-refractivity contribution in [2.45, 2.75) is 116 Å². The summed E-state index contributed by atoms with van der Waals surface area (Å²) in [6, 6.07) is 0. The average Bonchev–Trinajstić information content (AvgIpc) is 2.74. The van der Waals surface area contributed by atoms with E-state index >= 15 is 0 Å². The summed E-state index contributed by atoms with van der Waals surface area (Å²) in [4.78, 5) is 9.48. The third-order valence-electron chi connectivity index (χ3n) is 7.58. The molecule has 152 valence electrons. The van der Waals surface area contributed by atoms with Crippen molar-refractivity contribution >= 4 is 0 Å². The van der Waals surface area contributed by atoms with Crippen LogP contribution in [0.2, 0.25) is 0 Å². The van der Waals surface area contributed by atoms with Crippen LogP contribution in [0.15, 0.2) is 12.4 Å². The molecule has 3 rings (SSSR count). The van der Waals surface area contributed by atoms with Crippen LogP contribution in [0.3, 0.4) is 0 Å². The molecule has 27 heavy (non-hydrogen) atoms. The van der Waals surface area contributed by atoms with E-state index in [2.05, 4.69) is 26.2 Å². The van der Waals surface area contributed by atoms with E-state index in [0.717, 1.165) is 30.0 Å². The van der Waals surface area contributed by atoms with Gasteiger partial charge in [-0.2, -0.15) is 0 Å². The molecular formula is C25H42N2. The first kappa shape index (κ1) is 20.8. The summed E-state index contributed by atoms with van der Waals surface area (Å²) in [5.74, 6) is 4.68. The van der Waals surface area contributed by atoms with Gasteiger partial charge < -0.3 is 0 Å². The highest BCUT2D eigenvalue weighted by atomic mass is 14.9. The molecule has 0 amide bonds. The highest BCUT2D eigenvalue weighted by molar-refractivity contribution is 5.13. The quantitative estimate of drug-likeness (QED) is 0.421. The van der Waals surface area contributed by atoms with E-state index in [9.17, 15) is 0 Å². The number of hydrogen-bond acceptors (Lipinski definition) is 2. The maximum absolute atomic E-state index is 4.74. The van der Waals surface area contributed by atoms with E-state index in [0.29, 0.717) is 5.92 Å². The molecule has 0 radical (unpaired) electrons. The Morgan fingerprint density at radius 1 is 0.741 bits per heavy atom. The molecule has 2 nitrogen and oxygen atoms in total. The smallest absolute Gasteiger partial charge is 0.128 e. The van der Waals surface area contributed by atoms with Gasteiger partial charge in [0, 0.05) is 18.8 Å². The maximum atomic E-state index is 4.74. The fourth-order valence-electron chi connectivity index (χ4n) is 5.43. The Bertz CT molecular complexity index is 508. The van der Waals surface area contributed by atoms with Crippen molar-refractivity contribution in [1.29, 1.82) is 0 Å². The Morgan fingerprint density at radius 2 is 1.33 bits per heavy atom. The molecule has 0 aliphatic heterocycles. The summed E-state index contributed by atoms with van der Waals surface area (Å²) < 4.78 is 0. The van der Waals surface area contributed by atoms with Crippen LogP contribution in [-0.2, 0) is 6.42 Å². The Labute approximate surface area is 168 Å². The van der Waals surface area contributed by atoms with Gasteiger partial charge in [-0.1, -0.05) is 71.6 Å². The largest absolute Gasteiger partial charge is 0.241 e. The van der Waals surface area contributed by atoms with Crippen LogP contribution in [0, 0.1) is 17.8 Å². The monoisotopic (exact) mass is 370 g/mol. The normalized spacial score (nSPS) is 29.0. The molecule has 0 atom stereocenters. The first-order chi connectivity index (χ1) is 13.3. The Morgan fingerprint density at radius 3 is 1.96 bits per heavy atom. The predicted octanol–water partition coefficient (Wildman–Crippen LogP) is 7.48. The number of aryl methyl sites for hydroxylation is 1. The highest BCUT2D eigenvalue weighted by Crippen LogP contribution is 2.37. The van der Waals surface area contributed by atoms with Gasteiger partial charge in [0.05, 0.1) is 0 Å². The van der Waals surface area contributed by atoms with Crippen molar-refractivity contribution in [3.8, 4) is 0 Å². The lowest BCUT2D eigenvalue weighted by Crippen LogP contribution is -2.15. The summed E-state index contributed by atoms with van der Waals surface area (Å²) in [7, 11) is 0. The molecule has 0 N–H and O–H groups in total. The zero-order chi connectivity index (χ0) is 18.9. The summed E-state index contributed by atoms with van der Waals surface area (Å²) in [6.45, 7) is 4.65. The fraction of sp³-hybridized carbons (Fsp3) is 0.840. The lowest BCUT2D eigenvalue weighted by Gasteiger charge is -2.28. The van der Waals surface area contributed by atoms with Crippen LogP contribution in [0.5, 0.6) is 0 Å². The van der Waals surface area contributed by atoms with E-state index in [4.69, 9.17) is 9.97 Å². The van der Waals surface area contributed by atoms with E-state index in [1.807, 2.05) is 0 Å². The van der Waals surface area contributed by atoms with Gasteiger partial charge in [0.1, 0.15) is 5.82 Å². The van der Waals surface area contributed by atoms with Crippen LogP contribution in [0.4, 0.5) is 0 Å². The number of rotatable bonds is 9. The SMILES string of the molecule is CCCCCC1CCC(c2cnc(CCC3CCC(CC)CC3)nc2)CC1. The van der Waals surface area contributed by atoms with Crippen molar-refractivity contribution in [2.75, 3.05) is 0 Å². The Hall–Kier alpha value is -0.920. The fourth-order valence-corrected chi connectivity index (χ4v) is 5.43. The van der Waals surface area contributed by atoms with Crippen LogP contribution in [0.1, 0.15) is 121 Å². The van der Waals surface area contributed by atoms with Gasteiger partial charge in [-0.3, -0.25) is 0 Å². The second-order valence-electron chi connectivity index (χ2n) is 9.48. The predicted molar refractivity (Wildman–Crippen MR) is 115 cm³/mol. The molecule has 0 aromatic carbocycles. The first-order valence-corrected chi connectivity index (χ1v) is 12.1. The van der Waals surface area contributed by atoms with Gasteiger partial charge in [0.15, 0.2) is 0 Å². The van der Waals surface area contributed by atoms with Gasteiger partial charge in [-0.05, 0) is 61.3 Å². The molecule has 2 fully saturated rings. The number of nitrogens with zero attached hydrogens (tertiary/aromatic N) is 2. The Kier molecular flexibility index (Phi) is 8.61. The van der Waals surface area contributed by atoms with Crippen molar-refractivity contribution < 1.29 is 0 Å². The van der Waals surface area contributed by atoms with E-state index in [-0.39, 0.29) is 0 Å². The van der Waals surface area contributed by atoms with Crippen LogP contribution >= 0.6 is 0 Å². The van der Waals surface area contributed by atoms with Crippen molar-refractivity contribution in [3.63, 3.8) is 0 Å². The maximum Gasteiger partial charge on any atom is 0.128 e. The third kappa shape index (κ3) is 6.57. The molecule has 2 aliphatic rings. The van der Waals surface area contributed by atoms with Gasteiger partial charge in [-0.15, -0.1) is 0 Å². The molecule has 1 heterocycles. The summed E-state index contributed by atoms with van der Waals surface area (Å²) >= 11 is 0. The minimum atomic E-state index is 0.714. The minimum Gasteiger partial charge on any atom is -0.241 e. The van der Waals surface area contributed by atoms with Crippen molar-refractivity contribution in [3.05, 3.63) is 23.8 Å². The molecule has 2 aliphatic carbocycles. The number of unbranched alkanes of at least 4 members (excludes halogenated alkanes) is 2. The lowest BCUT2D eigenvalue weighted by atomic mass is 9.77. The molecule has 1 aromatic heterocycles. The molecule has 0 bridgehead atoms. The second-order valence-corrected chi connectivity index (χ2v) is 9.48. The van der Waals surface area contributed by atoms with Gasteiger partial charge in [0.25, 0.3) is 0 Å². The van der Waals surface area contributed by atoms with Crippen LogP contribution < -0.4 is 0 Å². The van der Waals surface area contributed by atoms with E-state index in [1.165, 1.54) is 95.5 Å². The molecule has 0 unspecified atom stereocenters. The molecule has 0 saturated heterocycles. The van der Waals surface area contributed by atoms with Crippen molar-refractivity contribution in [2.24, 2.45) is 17.8 Å². The molecule has 1 aromatic rings. The third-order valence-corrected chi connectivity index (χ3v) is 7.58. The summed E-state index contributed by atoms with van der Waals surface area (Å²) in [6.07, 6.45) is 25.0. The minimum absolute atomic E-state index is 0.714. The van der Waals surface area contributed by atoms with Gasteiger partial charge in [0.2, 0.25) is 0 Å². The molecule has 2 heteroatoms. The molecule has 2 saturated carbocycles. The van der Waals surface area contributed by atoms with Gasteiger partial charge >= 0.3 is 0 Å². The van der Waals surface area contributed by atoms with Crippen molar-refractivity contribution in [1.82, 2.24) is 9.97 Å². The zero-order valence-electron chi connectivity index (χ0n) is 18.0. The lowest BCUT2D eigenvalue weighted by molar-refractivity contribution is 0.258. The van der Waals surface area contributed by atoms with Gasteiger partial charge in [-0.25, -0.2) is 9.97 Å². The topological polar surface area (TPSA) is 25.8 Å². The Balaban J connectivity index is 1.38. The van der Waals surface area contributed by atoms with E-state index < -0.39 is 0 Å². The average molecular weight is 371 g/mol. The van der Waals surface area contributed by atoms with Crippen LogP contribution in [0.25, 0.3) is 0 Å². The molecular weight excluding hydrogens is 328 g/mol. The highest BCUT2D eigenvalue weighted by Gasteiger charge is 2.23. The van der Waals surface area contributed by atoms with E-state index in [1.54, 1.807) is 0 Å². The summed E-state index contributed by atoms with van der Waals surface area (Å²) in [5, 5.41) is 0. The standard InChI is InChI=1S/C25H42N2/c1-3-5-6-7-21-12-15-23(16-13-21)24-18-26-25(27-19-24)17-14-22-10-8-20(4-2)9-11-22/h18-23H,3-17H2,1-2H3. The summed E-state index contributed by atoms with van der Waals surface area (Å²) in [5.41, 5.74) is 1.40. The van der Waals surface area contributed by atoms with Crippen LogP contribution in [-0.4, -0.2) is 9.97 Å². The second kappa shape index (κ2) is 11.2. The molecule has 0 spiro atoms. The first-order valence-electron chi connectivity index (χ1n) is 12.1.